The second kappa shape index (κ2) is 17.8. The first-order valence-electron chi connectivity index (χ1n) is 10.2. The first kappa shape index (κ1) is 22.4. The van der Waals surface area contributed by atoms with Crippen LogP contribution in [0.25, 0.3) is 0 Å². The number of hydrogen-bond donors (Lipinski definition) is 2. The number of carbonyl (C=O) groups excluding carboxylic acids is 1. The highest BCUT2D eigenvalue weighted by atomic mass is 16.3. The highest BCUT2D eigenvalue weighted by Gasteiger charge is 2.09. The summed E-state index contributed by atoms with van der Waals surface area (Å²) in [5, 5.41) is 9.27. The van der Waals surface area contributed by atoms with Gasteiger partial charge in [-0.2, -0.15) is 0 Å². The molecule has 138 valence electrons. The van der Waals surface area contributed by atoms with E-state index in [1.165, 1.54) is 89.9 Å². The van der Waals surface area contributed by atoms with Gasteiger partial charge in [0.1, 0.15) is 6.10 Å². The summed E-state index contributed by atoms with van der Waals surface area (Å²) in [6, 6.07) is 0. The van der Waals surface area contributed by atoms with Crippen LogP contribution in [-0.2, 0) is 4.79 Å². The van der Waals surface area contributed by atoms with E-state index in [0.29, 0.717) is 6.42 Å². The number of carbonyl (C=O) groups is 1. The van der Waals surface area contributed by atoms with Gasteiger partial charge in [0.25, 0.3) is 0 Å². The molecule has 0 saturated heterocycles. The molecule has 0 rings (SSSR count). The molecule has 0 aliphatic heterocycles. The maximum absolute atomic E-state index is 10.7. The van der Waals surface area contributed by atoms with Gasteiger partial charge in [0.15, 0.2) is 0 Å². The van der Waals surface area contributed by atoms with Crippen LogP contribution in [0.3, 0.4) is 0 Å². The molecule has 0 aliphatic carbocycles. The van der Waals surface area contributed by atoms with Crippen molar-refractivity contribution in [1.29, 1.82) is 0 Å². The number of aliphatic hydroxyl groups excluding tert-OH is 1. The number of unbranched alkanes of at least 4 members (excludes halogenated alkanes) is 15. The molecule has 0 bridgehead atoms. The molecule has 0 fully saturated rings. The van der Waals surface area contributed by atoms with Crippen molar-refractivity contribution >= 4 is 5.91 Å². The van der Waals surface area contributed by atoms with Crippen molar-refractivity contribution in [3.05, 3.63) is 0 Å². The van der Waals surface area contributed by atoms with E-state index in [2.05, 4.69) is 6.92 Å². The molecule has 3 heteroatoms. The van der Waals surface area contributed by atoms with Gasteiger partial charge in [0.05, 0.1) is 0 Å². The SMILES string of the molecule is CCCCCCCCCCCCCCCCCCC(O)C(N)=O. The van der Waals surface area contributed by atoms with Crippen molar-refractivity contribution in [2.75, 3.05) is 0 Å². The van der Waals surface area contributed by atoms with Crippen molar-refractivity contribution in [3.63, 3.8) is 0 Å². The number of hydrogen-bond acceptors (Lipinski definition) is 2. The van der Waals surface area contributed by atoms with E-state index in [4.69, 9.17) is 5.73 Å². The van der Waals surface area contributed by atoms with Gasteiger partial charge in [0, 0.05) is 0 Å². The summed E-state index contributed by atoms with van der Waals surface area (Å²) in [5.41, 5.74) is 5.01. The van der Waals surface area contributed by atoms with Crippen LogP contribution in [0, 0.1) is 0 Å². The molecule has 0 radical (unpaired) electrons. The monoisotopic (exact) mass is 327 g/mol. The van der Waals surface area contributed by atoms with Crippen LogP contribution in [-0.4, -0.2) is 17.1 Å². The van der Waals surface area contributed by atoms with Gasteiger partial charge in [-0.1, -0.05) is 110 Å². The Balaban J connectivity index is 3.04. The number of amides is 1. The molecule has 1 amide bonds. The molecule has 0 aromatic heterocycles. The third-order valence-corrected chi connectivity index (χ3v) is 4.66. The van der Waals surface area contributed by atoms with Gasteiger partial charge in [-0.25, -0.2) is 0 Å². The second-order valence-corrected chi connectivity index (χ2v) is 7.01. The van der Waals surface area contributed by atoms with E-state index in [1.54, 1.807) is 0 Å². The van der Waals surface area contributed by atoms with Gasteiger partial charge in [0.2, 0.25) is 5.91 Å². The van der Waals surface area contributed by atoms with E-state index in [0.717, 1.165) is 12.8 Å². The Morgan fingerprint density at radius 1 is 0.696 bits per heavy atom. The molecule has 0 saturated carbocycles. The van der Waals surface area contributed by atoms with E-state index in [9.17, 15) is 9.90 Å². The van der Waals surface area contributed by atoms with Crippen LogP contribution in [0.4, 0.5) is 0 Å². The zero-order chi connectivity index (χ0) is 17.2. The normalized spacial score (nSPS) is 12.4. The van der Waals surface area contributed by atoms with Crippen LogP contribution >= 0.6 is 0 Å². The van der Waals surface area contributed by atoms with Gasteiger partial charge in [-0.05, 0) is 6.42 Å². The molecule has 1 unspecified atom stereocenters. The van der Waals surface area contributed by atoms with Gasteiger partial charge in [-0.15, -0.1) is 0 Å². The fourth-order valence-electron chi connectivity index (χ4n) is 3.03. The molecular weight excluding hydrogens is 286 g/mol. The fourth-order valence-corrected chi connectivity index (χ4v) is 3.03. The molecule has 1 atom stereocenters. The Hall–Kier alpha value is -0.570. The topological polar surface area (TPSA) is 63.3 Å². The summed E-state index contributed by atoms with van der Waals surface area (Å²) in [5.74, 6) is -0.592. The van der Waals surface area contributed by atoms with Crippen LogP contribution in [0.1, 0.15) is 116 Å². The summed E-state index contributed by atoms with van der Waals surface area (Å²) in [4.78, 5) is 10.7. The lowest BCUT2D eigenvalue weighted by atomic mass is 10.0. The van der Waals surface area contributed by atoms with Crippen LogP contribution in [0.15, 0.2) is 0 Å². The Labute approximate surface area is 144 Å². The molecule has 0 aromatic rings. The summed E-state index contributed by atoms with van der Waals surface area (Å²) < 4.78 is 0. The molecule has 3 nitrogen and oxygen atoms in total. The lowest BCUT2D eigenvalue weighted by Gasteiger charge is -2.06. The quantitative estimate of drug-likeness (QED) is 0.327. The predicted molar refractivity (Wildman–Crippen MR) is 99.4 cm³/mol. The third-order valence-electron chi connectivity index (χ3n) is 4.66. The maximum Gasteiger partial charge on any atom is 0.246 e. The van der Waals surface area contributed by atoms with Gasteiger partial charge >= 0.3 is 0 Å². The lowest BCUT2D eigenvalue weighted by Crippen LogP contribution is -2.27. The first-order chi connectivity index (χ1) is 11.2. The standard InChI is InChI=1S/C20H41NO2/c1-2-3-4-5-6-7-8-9-10-11-12-13-14-15-16-17-18-19(22)20(21)23/h19,22H,2-18H2,1H3,(H2,21,23). The first-order valence-corrected chi connectivity index (χ1v) is 10.2. The fraction of sp³-hybridized carbons (Fsp3) is 0.950. The summed E-state index contributed by atoms with van der Waals surface area (Å²) in [6.45, 7) is 2.27. The molecule has 0 aliphatic rings. The van der Waals surface area contributed by atoms with Crippen molar-refractivity contribution in [2.45, 2.75) is 122 Å². The zero-order valence-electron chi connectivity index (χ0n) is 15.5. The Morgan fingerprint density at radius 2 is 1.00 bits per heavy atom. The van der Waals surface area contributed by atoms with E-state index in [-0.39, 0.29) is 0 Å². The zero-order valence-corrected chi connectivity index (χ0v) is 15.5. The molecule has 0 aromatic carbocycles. The van der Waals surface area contributed by atoms with E-state index >= 15 is 0 Å². The summed E-state index contributed by atoms with van der Waals surface area (Å²) in [7, 11) is 0. The second-order valence-electron chi connectivity index (χ2n) is 7.01. The lowest BCUT2D eigenvalue weighted by molar-refractivity contribution is -0.126. The van der Waals surface area contributed by atoms with Gasteiger partial charge < -0.3 is 10.8 Å². The molecular formula is C20H41NO2. The highest BCUT2D eigenvalue weighted by Crippen LogP contribution is 2.14. The maximum atomic E-state index is 10.7. The minimum absolute atomic E-state index is 0.522. The van der Waals surface area contributed by atoms with Crippen LogP contribution < -0.4 is 5.73 Å². The van der Waals surface area contributed by atoms with Crippen molar-refractivity contribution in [3.8, 4) is 0 Å². The predicted octanol–water partition coefficient (Wildman–Crippen LogP) is 5.48. The Kier molecular flexibility index (Phi) is 17.3. The molecule has 23 heavy (non-hydrogen) atoms. The molecule has 3 N–H and O–H groups in total. The Morgan fingerprint density at radius 3 is 1.30 bits per heavy atom. The minimum atomic E-state index is -0.943. The number of aliphatic hydroxyl groups is 1. The van der Waals surface area contributed by atoms with Crippen molar-refractivity contribution < 1.29 is 9.90 Å². The van der Waals surface area contributed by atoms with Crippen LogP contribution in [0.2, 0.25) is 0 Å². The van der Waals surface area contributed by atoms with Crippen molar-refractivity contribution in [2.24, 2.45) is 5.73 Å². The third kappa shape index (κ3) is 17.6. The average Bonchev–Trinajstić information content (AvgIpc) is 2.54. The summed E-state index contributed by atoms with van der Waals surface area (Å²) >= 11 is 0. The summed E-state index contributed by atoms with van der Waals surface area (Å²) in [6.07, 6.45) is 20.9. The Bertz CT molecular complexity index is 256. The number of nitrogens with two attached hydrogens (primary N) is 1. The number of rotatable bonds is 18. The van der Waals surface area contributed by atoms with Crippen molar-refractivity contribution in [1.82, 2.24) is 0 Å². The minimum Gasteiger partial charge on any atom is -0.383 e. The largest absolute Gasteiger partial charge is 0.383 e. The average molecular weight is 328 g/mol. The number of primary amides is 1. The highest BCUT2D eigenvalue weighted by molar-refractivity contribution is 5.78. The molecule has 0 spiro atoms. The smallest absolute Gasteiger partial charge is 0.246 e. The molecule has 0 heterocycles. The van der Waals surface area contributed by atoms with Crippen LogP contribution in [0.5, 0.6) is 0 Å². The van der Waals surface area contributed by atoms with E-state index in [1.807, 2.05) is 0 Å². The van der Waals surface area contributed by atoms with E-state index < -0.39 is 12.0 Å². The van der Waals surface area contributed by atoms with Gasteiger partial charge in [-0.3, -0.25) is 4.79 Å².